The summed E-state index contributed by atoms with van der Waals surface area (Å²) in [6, 6.07) is 24.8. The Hall–Kier alpha value is -2.59. The molecule has 3 rings (SSSR count). The summed E-state index contributed by atoms with van der Waals surface area (Å²) < 4.78 is 28.2. The fraction of sp³-hybridized carbons (Fsp3) is 0.0909. The largest absolute Gasteiger partial charge is 0.376 e. The first-order valence-electron chi connectivity index (χ1n) is 8.50. The summed E-state index contributed by atoms with van der Waals surface area (Å²) in [5, 5.41) is 10.4. The second kappa shape index (κ2) is 8.61. The van der Waals surface area contributed by atoms with Gasteiger partial charge in [0, 0.05) is 10.5 Å². The zero-order chi connectivity index (χ0) is 20.1. The number of anilines is 1. The highest BCUT2D eigenvalue weighted by Crippen LogP contribution is 2.23. The van der Waals surface area contributed by atoms with Crippen molar-refractivity contribution in [1.82, 2.24) is 0 Å². The number of benzene rings is 3. The predicted molar refractivity (Wildman–Crippen MR) is 114 cm³/mol. The minimum Gasteiger partial charge on any atom is -0.376 e. The van der Waals surface area contributed by atoms with Crippen molar-refractivity contribution >= 4 is 31.6 Å². The van der Waals surface area contributed by atoms with Crippen molar-refractivity contribution in [1.29, 1.82) is 0 Å². The summed E-state index contributed by atoms with van der Waals surface area (Å²) in [5.41, 5.74) is 1.94. The summed E-state index contributed by atoms with van der Waals surface area (Å²) in [6.45, 7) is 1.89. The second-order valence-electron chi connectivity index (χ2n) is 6.13. The van der Waals surface area contributed by atoms with E-state index in [0.717, 1.165) is 14.3 Å². The van der Waals surface area contributed by atoms with Crippen molar-refractivity contribution in [3.63, 3.8) is 0 Å². The predicted octanol–water partition coefficient (Wildman–Crippen LogP) is 4.65. The molecule has 0 saturated carbocycles. The van der Waals surface area contributed by atoms with Crippen LogP contribution in [0.25, 0.3) is 0 Å². The van der Waals surface area contributed by atoms with Crippen molar-refractivity contribution < 1.29 is 13.5 Å². The van der Waals surface area contributed by atoms with Crippen LogP contribution in [0.1, 0.15) is 17.2 Å². The molecule has 0 heterocycles. The number of rotatable bonds is 4. The Kier molecular flexibility index (Phi) is 6.20. The highest BCUT2D eigenvalue weighted by atomic mass is 79.9. The van der Waals surface area contributed by atoms with E-state index in [-0.39, 0.29) is 4.90 Å². The van der Waals surface area contributed by atoms with E-state index >= 15 is 0 Å². The molecule has 3 aromatic carbocycles. The maximum atomic E-state index is 13.2. The molecule has 0 fully saturated rings. The van der Waals surface area contributed by atoms with Gasteiger partial charge in [-0.15, -0.1) is 0 Å². The molecule has 0 aliphatic rings. The van der Waals surface area contributed by atoms with Crippen molar-refractivity contribution in [2.45, 2.75) is 17.9 Å². The normalized spacial score (nSPS) is 12.0. The van der Waals surface area contributed by atoms with E-state index < -0.39 is 16.1 Å². The quantitative estimate of drug-likeness (QED) is 0.460. The van der Waals surface area contributed by atoms with Crippen LogP contribution >= 0.6 is 15.9 Å². The number of aliphatic hydroxyl groups is 1. The average Bonchev–Trinajstić information content (AvgIpc) is 2.69. The summed E-state index contributed by atoms with van der Waals surface area (Å²) in [4.78, 5) is 0.134. The third kappa shape index (κ3) is 4.63. The average molecular weight is 456 g/mol. The molecule has 0 aromatic heterocycles. The van der Waals surface area contributed by atoms with Crippen LogP contribution in [0.2, 0.25) is 0 Å². The molecule has 0 radical (unpaired) electrons. The number of hydrogen-bond acceptors (Lipinski definition) is 3. The van der Waals surface area contributed by atoms with Crippen LogP contribution in [0, 0.1) is 18.9 Å². The fourth-order valence-electron chi connectivity index (χ4n) is 2.49. The number of aliphatic hydroxyl groups excluding tert-OH is 1. The van der Waals surface area contributed by atoms with Crippen LogP contribution < -0.4 is 4.31 Å². The molecular weight excluding hydrogens is 438 g/mol. The van der Waals surface area contributed by atoms with Gasteiger partial charge in [-0.25, -0.2) is 8.42 Å². The van der Waals surface area contributed by atoms with Gasteiger partial charge in [-0.3, -0.25) is 0 Å². The van der Waals surface area contributed by atoms with E-state index in [4.69, 9.17) is 0 Å². The van der Waals surface area contributed by atoms with Crippen LogP contribution in [0.15, 0.2) is 88.2 Å². The van der Waals surface area contributed by atoms with E-state index in [9.17, 15) is 13.5 Å². The molecule has 0 aliphatic heterocycles. The molecule has 0 saturated heterocycles. The Balaban J connectivity index is 2.02. The Bertz CT molecular complexity index is 1100. The van der Waals surface area contributed by atoms with Crippen LogP contribution in [0.5, 0.6) is 0 Å². The highest BCUT2D eigenvalue weighted by Gasteiger charge is 2.24. The molecule has 142 valence electrons. The van der Waals surface area contributed by atoms with Gasteiger partial charge in [-0.2, -0.15) is 4.31 Å². The van der Waals surface area contributed by atoms with Crippen LogP contribution in [-0.4, -0.2) is 13.5 Å². The van der Waals surface area contributed by atoms with E-state index in [1.54, 1.807) is 78.9 Å². The topological polar surface area (TPSA) is 57.6 Å². The van der Waals surface area contributed by atoms with E-state index in [0.29, 0.717) is 11.3 Å². The van der Waals surface area contributed by atoms with Crippen molar-refractivity contribution in [3.8, 4) is 12.0 Å². The fourth-order valence-corrected chi connectivity index (χ4v) is 4.02. The maximum Gasteiger partial charge on any atom is 0.275 e. The van der Waals surface area contributed by atoms with Gasteiger partial charge in [0.2, 0.25) is 0 Å². The molecular formula is C22H18BrNO3S. The molecule has 6 heteroatoms. The van der Waals surface area contributed by atoms with Gasteiger partial charge >= 0.3 is 0 Å². The van der Waals surface area contributed by atoms with Gasteiger partial charge in [0.1, 0.15) is 6.10 Å². The monoisotopic (exact) mass is 455 g/mol. The van der Waals surface area contributed by atoms with Crippen LogP contribution in [-0.2, 0) is 10.0 Å². The van der Waals surface area contributed by atoms with Gasteiger partial charge in [-0.05, 0) is 54.8 Å². The minimum absolute atomic E-state index is 0.134. The lowest BCUT2D eigenvalue weighted by molar-refractivity contribution is 0.238. The molecule has 3 aromatic rings. The Morgan fingerprint density at radius 2 is 1.54 bits per heavy atom. The van der Waals surface area contributed by atoms with Crippen LogP contribution in [0.3, 0.4) is 0 Å². The number of halogens is 1. The van der Waals surface area contributed by atoms with Crippen LogP contribution in [0.4, 0.5) is 5.69 Å². The lowest BCUT2D eigenvalue weighted by Gasteiger charge is -2.18. The molecule has 1 N–H and O–H groups in total. The first-order chi connectivity index (χ1) is 13.4. The standard InChI is InChI=1S/C22H18BrNO3S/c1-17-7-13-21(14-8-17)28(26,27)24(20-5-3-2-4-6-20)16-15-22(25)18-9-11-19(23)12-10-18/h2-14,22,25H,1H3. The summed E-state index contributed by atoms with van der Waals surface area (Å²) in [7, 11) is -3.91. The van der Waals surface area contributed by atoms with Gasteiger partial charge in [0.15, 0.2) is 0 Å². The molecule has 0 bridgehead atoms. The minimum atomic E-state index is -3.91. The zero-order valence-corrected chi connectivity index (χ0v) is 17.5. The highest BCUT2D eigenvalue weighted by molar-refractivity contribution is 9.10. The van der Waals surface area contributed by atoms with Crippen molar-refractivity contribution in [2.75, 3.05) is 4.31 Å². The SMILES string of the molecule is Cc1ccc(S(=O)(=O)N(C#CC(O)c2ccc(Br)cc2)c2ccccc2)cc1. The lowest BCUT2D eigenvalue weighted by Crippen LogP contribution is -2.26. The smallest absolute Gasteiger partial charge is 0.275 e. The maximum absolute atomic E-state index is 13.2. The molecule has 0 spiro atoms. The van der Waals surface area contributed by atoms with Gasteiger partial charge in [-0.1, -0.05) is 64.0 Å². The number of hydrogen-bond donors (Lipinski definition) is 1. The number of para-hydroxylation sites is 1. The van der Waals surface area contributed by atoms with E-state index in [1.165, 1.54) is 0 Å². The van der Waals surface area contributed by atoms with Crippen molar-refractivity contribution in [3.05, 3.63) is 94.5 Å². The number of sulfonamides is 1. The van der Waals surface area contributed by atoms with Gasteiger partial charge in [0.25, 0.3) is 10.0 Å². The van der Waals surface area contributed by atoms with Gasteiger partial charge in [0.05, 0.1) is 10.6 Å². The van der Waals surface area contributed by atoms with Gasteiger partial charge < -0.3 is 5.11 Å². The third-order valence-electron chi connectivity index (χ3n) is 4.04. The van der Waals surface area contributed by atoms with E-state index in [1.807, 2.05) is 6.92 Å². The zero-order valence-electron chi connectivity index (χ0n) is 15.1. The Morgan fingerprint density at radius 1 is 0.929 bits per heavy atom. The third-order valence-corrected chi connectivity index (χ3v) is 6.22. The Labute approximate surface area is 173 Å². The van der Waals surface area contributed by atoms with E-state index in [2.05, 4.69) is 27.9 Å². The molecule has 1 unspecified atom stereocenters. The number of nitrogens with zero attached hydrogens (tertiary/aromatic N) is 1. The summed E-state index contributed by atoms with van der Waals surface area (Å²) >= 11 is 3.34. The molecule has 28 heavy (non-hydrogen) atoms. The molecule has 0 amide bonds. The first kappa shape index (κ1) is 20.2. The first-order valence-corrected chi connectivity index (χ1v) is 10.7. The number of aryl methyl sites for hydroxylation is 1. The second-order valence-corrected chi connectivity index (χ2v) is 8.83. The molecule has 4 nitrogen and oxygen atoms in total. The Morgan fingerprint density at radius 3 is 2.14 bits per heavy atom. The summed E-state index contributed by atoms with van der Waals surface area (Å²) in [5.74, 6) is 2.64. The molecule has 1 atom stereocenters. The van der Waals surface area contributed by atoms with Crippen molar-refractivity contribution in [2.24, 2.45) is 0 Å². The molecule has 0 aliphatic carbocycles. The summed E-state index contributed by atoms with van der Waals surface area (Å²) in [6.07, 6.45) is -1.12. The lowest BCUT2D eigenvalue weighted by atomic mass is 10.1.